The molecule has 0 spiro atoms. The van der Waals surface area contributed by atoms with Crippen LogP contribution in [0.15, 0.2) is 24.4 Å². The topological polar surface area (TPSA) is 68.9 Å². The molecule has 92 valence electrons. The minimum atomic E-state index is -0.613. The molecule has 4 heteroatoms. The Balaban J connectivity index is 2.59. The Bertz CT molecular complexity index is 620. The fraction of sp³-hybridized carbons (Fsp3) is 0.214. The highest BCUT2D eigenvalue weighted by molar-refractivity contribution is 5.89. The van der Waals surface area contributed by atoms with E-state index in [0.717, 1.165) is 16.8 Å². The van der Waals surface area contributed by atoms with Crippen molar-refractivity contribution < 1.29 is 4.79 Å². The van der Waals surface area contributed by atoms with Crippen molar-refractivity contribution in [2.24, 2.45) is 5.73 Å². The number of carbonyl (C=O) groups excluding carboxylic acids is 1. The van der Waals surface area contributed by atoms with E-state index in [-0.39, 0.29) is 5.82 Å². The molecular formula is C14H15N3O. The van der Waals surface area contributed by atoms with Gasteiger partial charge in [-0.1, -0.05) is 12.1 Å². The van der Waals surface area contributed by atoms with E-state index in [1.54, 1.807) is 12.3 Å². The van der Waals surface area contributed by atoms with Crippen molar-refractivity contribution in [3.8, 4) is 11.3 Å². The van der Waals surface area contributed by atoms with Gasteiger partial charge in [0.1, 0.15) is 0 Å². The summed E-state index contributed by atoms with van der Waals surface area (Å²) >= 11 is 0. The molecule has 2 N–H and O–H groups in total. The third-order valence-electron chi connectivity index (χ3n) is 3.21. The van der Waals surface area contributed by atoms with Gasteiger partial charge in [-0.3, -0.25) is 4.79 Å². The lowest BCUT2D eigenvalue weighted by Crippen LogP contribution is -2.15. The molecule has 1 amide bonds. The summed E-state index contributed by atoms with van der Waals surface area (Å²) in [7, 11) is 0. The summed E-state index contributed by atoms with van der Waals surface area (Å²) in [6, 6.07) is 5.83. The van der Waals surface area contributed by atoms with Crippen molar-refractivity contribution in [1.29, 1.82) is 0 Å². The van der Waals surface area contributed by atoms with Gasteiger partial charge < -0.3 is 5.73 Å². The zero-order chi connectivity index (χ0) is 13.3. The predicted octanol–water partition coefficient (Wildman–Crippen LogP) is 2.17. The van der Waals surface area contributed by atoms with E-state index in [0.29, 0.717) is 0 Å². The number of aryl methyl sites for hydroxylation is 1. The minimum Gasteiger partial charge on any atom is -0.363 e. The number of aromatic nitrogens is 2. The molecule has 18 heavy (non-hydrogen) atoms. The molecule has 1 heterocycles. The first kappa shape index (κ1) is 12.2. The molecule has 1 aromatic carbocycles. The van der Waals surface area contributed by atoms with Gasteiger partial charge in [0.15, 0.2) is 0 Å². The Morgan fingerprint density at radius 2 is 1.83 bits per heavy atom. The van der Waals surface area contributed by atoms with Gasteiger partial charge in [-0.2, -0.15) is 0 Å². The zero-order valence-corrected chi connectivity index (χ0v) is 10.7. The summed E-state index contributed by atoms with van der Waals surface area (Å²) in [4.78, 5) is 19.1. The largest absolute Gasteiger partial charge is 0.363 e. The second kappa shape index (κ2) is 4.56. The van der Waals surface area contributed by atoms with Crippen molar-refractivity contribution in [3.05, 3.63) is 46.9 Å². The Kier molecular flexibility index (Phi) is 3.10. The third kappa shape index (κ3) is 2.09. The number of benzene rings is 1. The first-order valence-electron chi connectivity index (χ1n) is 5.70. The average Bonchev–Trinajstić information content (AvgIpc) is 2.36. The fourth-order valence-electron chi connectivity index (χ4n) is 1.86. The number of carbonyl (C=O) groups is 1. The highest BCUT2D eigenvalue weighted by Gasteiger charge is 2.10. The Labute approximate surface area is 106 Å². The predicted molar refractivity (Wildman–Crippen MR) is 70.2 cm³/mol. The lowest BCUT2D eigenvalue weighted by molar-refractivity contribution is 0.0990. The van der Waals surface area contributed by atoms with Crippen LogP contribution in [0.5, 0.6) is 0 Å². The lowest BCUT2D eigenvalue weighted by Gasteiger charge is -2.10. The number of primary amides is 1. The maximum Gasteiger partial charge on any atom is 0.286 e. The van der Waals surface area contributed by atoms with Gasteiger partial charge in [0.05, 0.1) is 5.69 Å². The molecule has 0 unspecified atom stereocenters. The van der Waals surface area contributed by atoms with E-state index in [1.807, 2.05) is 19.1 Å². The zero-order valence-electron chi connectivity index (χ0n) is 10.7. The van der Waals surface area contributed by atoms with Crippen molar-refractivity contribution >= 4 is 5.91 Å². The van der Waals surface area contributed by atoms with Crippen LogP contribution in [0.25, 0.3) is 11.3 Å². The van der Waals surface area contributed by atoms with E-state index >= 15 is 0 Å². The van der Waals surface area contributed by atoms with Gasteiger partial charge >= 0.3 is 0 Å². The van der Waals surface area contributed by atoms with Crippen LogP contribution in [-0.4, -0.2) is 15.9 Å². The quantitative estimate of drug-likeness (QED) is 0.876. The Morgan fingerprint density at radius 3 is 2.50 bits per heavy atom. The number of amides is 1. The van der Waals surface area contributed by atoms with Crippen LogP contribution < -0.4 is 5.73 Å². The molecule has 0 radical (unpaired) electrons. The molecular weight excluding hydrogens is 226 g/mol. The van der Waals surface area contributed by atoms with Crippen LogP contribution >= 0.6 is 0 Å². The highest BCUT2D eigenvalue weighted by atomic mass is 16.1. The molecule has 0 aliphatic heterocycles. The van der Waals surface area contributed by atoms with E-state index in [2.05, 4.69) is 23.8 Å². The summed E-state index contributed by atoms with van der Waals surface area (Å²) < 4.78 is 0. The van der Waals surface area contributed by atoms with Crippen LogP contribution in [0.1, 0.15) is 27.3 Å². The van der Waals surface area contributed by atoms with Gasteiger partial charge in [0.25, 0.3) is 5.91 Å². The number of nitrogens with two attached hydrogens (primary N) is 1. The molecule has 0 saturated carbocycles. The molecule has 4 nitrogen and oxygen atoms in total. The van der Waals surface area contributed by atoms with Gasteiger partial charge in [0.2, 0.25) is 5.82 Å². The Hall–Kier alpha value is -2.23. The van der Waals surface area contributed by atoms with Crippen molar-refractivity contribution in [1.82, 2.24) is 9.97 Å². The molecule has 0 aliphatic carbocycles. The van der Waals surface area contributed by atoms with E-state index in [4.69, 9.17) is 5.73 Å². The van der Waals surface area contributed by atoms with Crippen LogP contribution in [-0.2, 0) is 0 Å². The molecule has 0 bridgehead atoms. The molecule has 0 fully saturated rings. The van der Waals surface area contributed by atoms with Crippen LogP contribution in [0.4, 0.5) is 0 Å². The Morgan fingerprint density at radius 1 is 1.11 bits per heavy atom. The van der Waals surface area contributed by atoms with Crippen molar-refractivity contribution in [2.45, 2.75) is 20.8 Å². The first-order valence-corrected chi connectivity index (χ1v) is 5.70. The van der Waals surface area contributed by atoms with Gasteiger partial charge in [-0.05, 0) is 43.5 Å². The fourth-order valence-corrected chi connectivity index (χ4v) is 1.86. The molecule has 2 rings (SSSR count). The maximum absolute atomic E-state index is 11.1. The normalized spacial score (nSPS) is 10.4. The number of rotatable bonds is 2. The second-order valence-electron chi connectivity index (χ2n) is 4.31. The average molecular weight is 241 g/mol. The molecule has 2 aromatic rings. The molecule has 1 aromatic heterocycles. The van der Waals surface area contributed by atoms with Crippen LogP contribution in [0.2, 0.25) is 0 Å². The summed E-state index contributed by atoms with van der Waals surface area (Å²) in [5.74, 6) is -0.566. The van der Waals surface area contributed by atoms with Crippen molar-refractivity contribution in [2.75, 3.05) is 0 Å². The standard InChI is InChI=1S/C14H15N3O/c1-8-4-5-11(10(3)9(8)2)12-6-7-16-14(17-12)13(15)18/h4-7H,1-3H3,(H2,15,18). The molecule has 0 aliphatic rings. The summed E-state index contributed by atoms with van der Waals surface area (Å²) in [6.45, 7) is 6.19. The first-order chi connectivity index (χ1) is 8.50. The summed E-state index contributed by atoms with van der Waals surface area (Å²) in [6.07, 6.45) is 1.55. The van der Waals surface area contributed by atoms with Crippen LogP contribution in [0.3, 0.4) is 0 Å². The molecule has 0 saturated heterocycles. The van der Waals surface area contributed by atoms with Gasteiger partial charge in [-0.25, -0.2) is 9.97 Å². The van der Waals surface area contributed by atoms with Crippen LogP contribution in [0, 0.1) is 20.8 Å². The second-order valence-corrected chi connectivity index (χ2v) is 4.31. The van der Waals surface area contributed by atoms with Gasteiger partial charge in [0, 0.05) is 11.8 Å². The summed E-state index contributed by atoms with van der Waals surface area (Å²) in [5, 5.41) is 0. The smallest absolute Gasteiger partial charge is 0.286 e. The summed E-state index contributed by atoms with van der Waals surface area (Å²) in [5.41, 5.74) is 10.5. The van der Waals surface area contributed by atoms with E-state index in [9.17, 15) is 4.79 Å². The number of nitrogens with zero attached hydrogens (tertiary/aromatic N) is 2. The minimum absolute atomic E-state index is 0.0464. The molecule has 0 atom stereocenters. The number of hydrogen-bond donors (Lipinski definition) is 1. The lowest BCUT2D eigenvalue weighted by atomic mass is 9.97. The van der Waals surface area contributed by atoms with E-state index in [1.165, 1.54) is 11.1 Å². The third-order valence-corrected chi connectivity index (χ3v) is 3.21. The monoisotopic (exact) mass is 241 g/mol. The number of hydrogen-bond acceptors (Lipinski definition) is 3. The van der Waals surface area contributed by atoms with Crippen molar-refractivity contribution in [3.63, 3.8) is 0 Å². The van der Waals surface area contributed by atoms with E-state index < -0.39 is 5.91 Å². The van der Waals surface area contributed by atoms with Gasteiger partial charge in [-0.15, -0.1) is 0 Å². The highest BCUT2D eigenvalue weighted by Crippen LogP contribution is 2.25. The SMILES string of the molecule is Cc1ccc(-c2ccnc(C(N)=O)n2)c(C)c1C. The maximum atomic E-state index is 11.1.